The molecule has 1 amide bonds. The number of rotatable bonds is 7. The van der Waals surface area contributed by atoms with Gasteiger partial charge in [0.05, 0.1) is 0 Å². The van der Waals surface area contributed by atoms with E-state index in [4.69, 9.17) is 4.74 Å². The van der Waals surface area contributed by atoms with Crippen molar-refractivity contribution in [2.75, 3.05) is 56.7 Å². The second-order valence-corrected chi connectivity index (χ2v) is 6.46. The molecule has 0 radical (unpaired) electrons. The highest BCUT2D eigenvalue weighted by atomic mass is 19.1. The molecule has 2 aromatic rings. The molecule has 1 aromatic carbocycles. The SMILES string of the molecule is COCCCNc1ccnc(C(=O)N2CCN(c3ccc(F)cc3)CC2)c1. The number of amides is 1. The molecule has 1 fully saturated rings. The first kappa shape index (κ1) is 19.1. The first-order valence-electron chi connectivity index (χ1n) is 9.16. The van der Waals surface area contributed by atoms with Crippen molar-refractivity contribution < 1.29 is 13.9 Å². The average molecular weight is 372 g/mol. The highest BCUT2D eigenvalue weighted by molar-refractivity contribution is 5.93. The molecule has 0 aliphatic carbocycles. The third kappa shape index (κ3) is 5.17. The predicted molar refractivity (Wildman–Crippen MR) is 104 cm³/mol. The average Bonchev–Trinajstić information content (AvgIpc) is 2.72. The molecule has 0 spiro atoms. The van der Waals surface area contributed by atoms with Gasteiger partial charge in [-0.1, -0.05) is 0 Å². The quantitative estimate of drug-likeness (QED) is 0.757. The van der Waals surface area contributed by atoms with E-state index in [-0.39, 0.29) is 11.7 Å². The molecule has 1 aliphatic heterocycles. The van der Waals surface area contributed by atoms with E-state index in [1.165, 1.54) is 12.1 Å². The highest BCUT2D eigenvalue weighted by Gasteiger charge is 2.23. The molecular weight excluding hydrogens is 347 g/mol. The minimum atomic E-state index is -0.241. The second kappa shape index (κ2) is 9.32. The molecule has 1 aliphatic rings. The topological polar surface area (TPSA) is 57.7 Å². The van der Waals surface area contributed by atoms with Gasteiger partial charge in [0.1, 0.15) is 11.5 Å². The number of benzene rings is 1. The normalized spacial score (nSPS) is 14.3. The largest absolute Gasteiger partial charge is 0.385 e. The van der Waals surface area contributed by atoms with E-state index >= 15 is 0 Å². The molecule has 1 N–H and O–H groups in total. The van der Waals surface area contributed by atoms with Gasteiger partial charge < -0.3 is 19.9 Å². The smallest absolute Gasteiger partial charge is 0.272 e. The maximum absolute atomic E-state index is 13.1. The molecule has 1 aromatic heterocycles. The van der Waals surface area contributed by atoms with Gasteiger partial charge in [0.2, 0.25) is 0 Å². The van der Waals surface area contributed by atoms with Crippen LogP contribution in [0, 0.1) is 5.82 Å². The molecular formula is C20H25FN4O2. The summed E-state index contributed by atoms with van der Waals surface area (Å²) in [6.45, 7) is 4.13. The van der Waals surface area contributed by atoms with Gasteiger partial charge in [-0.3, -0.25) is 9.78 Å². The van der Waals surface area contributed by atoms with Gasteiger partial charge >= 0.3 is 0 Å². The number of pyridine rings is 1. The van der Waals surface area contributed by atoms with Gasteiger partial charge in [0, 0.05) is 64.0 Å². The van der Waals surface area contributed by atoms with E-state index in [2.05, 4.69) is 15.2 Å². The standard InChI is InChI=1S/C20H25FN4O2/c1-27-14-2-8-22-17-7-9-23-19(15-17)20(26)25-12-10-24(11-13-25)18-5-3-16(21)4-6-18/h3-7,9,15H,2,8,10-14H2,1H3,(H,22,23). The summed E-state index contributed by atoms with van der Waals surface area (Å²) in [6, 6.07) is 10.1. The van der Waals surface area contributed by atoms with Gasteiger partial charge in [0.15, 0.2) is 0 Å². The summed E-state index contributed by atoms with van der Waals surface area (Å²) in [5, 5.41) is 3.28. The van der Waals surface area contributed by atoms with Gasteiger partial charge in [-0.05, 0) is 42.8 Å². The van der Waals surface area contributed by atoms with E-state index in [0.29, 0.717) is 38.5 Å². The zero-order valence-corrected chi connectivity index (χ0v) is 15.5. The summed E-state index contributed by atoms with van der Waals surface area (Å²) < 4.78 is 18.1. The Morgan fingerprint density at radius 1 is 1.19 bits per heavy atom. The summed E-state index contributed by atoms with van der Waals surface area (Å²) in [7, 11) is 1.68. The Balaban J connectivity index is 1.55. The number of nitrogens with one attached hydrogen (secondary N) is 1. The summed E-state index contributed by atoms with van der Waals surface area (Å²) in [6.07, 6.45) is 2.55. The third-order valence-corrected chi connectivity index (χ3v) is 4.59. The monoisotopic (exact) mass is 372 g/mol. The number of hydrogen-bond donors (Lipinski definition) is 1. The summed E-state index contributed by atoms with van der Waals surface area (Å²) in [5.74, 6) is -0.302. The Labute approximate surface area is 158 Å². The molecule has 7 heteroatoms. The number of nitrogens with zero attached hydrogens (tertiary/aromatic N) is 3. The number of hydrogen-bond acceptors (Lipinski definition) is 5. The summed E-state index contributed by atoms with van der Waals surface area (Å²) >= 11 is 0. The molecule has 3 rings (SSSR count). The maximum Gasteiger partial charge on any atom is 0.272 e. The highest BCUT2D eigenvalue weighted by Crippen LogP contribution is 2.18. The lowest BCUT2D eigenvalue weighted by Gasteiger charge is -2.36. The molecule has 144 valence electrons. The maximum atomic E-state index is 13.1. The van der Waals surface area contributed by atoms with E-state index in [9.17, 15) is 9.18 Å². The fourth-order valence-electron chi connectivity index (χ4n) is 3.09. The number of carbonyl (C=O) groups is 1. The van der Waals surface area contributed by atoms with Crippen LogP contribution < -0.4 is 10.2 Å². The van der Waals surface area contributed by atoms with E-state index in [1.807, 2.05) is 11.0 Å². The Morgan fingerprint density at radius 3 is 2.63 bits per heavy atom. The first-order chi connectivity index (χ1) is 13.2. The fourth-order valence-corrected chi connectivity index (χ4v) is 3.09. The molecule has 0 unspecified atom stereocenters. The van der Waals surface area contributed by atoms with E-state index < -0.39 is 0 Å². The van der Waals surface area contributed by atoms with Crippen LogP contribution >= 0.6 is 0 Å². The zero-order valence-electron chi connectivity index (χ0n) is 15.5. The van der Waals surface area contributed by atoms with Gasteiger partial charge in [-0.25, -0.2) is 4.39 Å². The van der Waals surface area contributed by atoms with E-state index in [0.717, 1.165) is 24.3 Å². The summed E-state index contributed by atoms with van der Waals surface area (Å²) in [4.78, 5) is 21.0. The minimum absolute atomic E-state index is 0.0608. The van der Waals surface area contributed by atoms with Crippen LogP contribution in [0.15, 0.2) is 42.6 Å². The van der Waals surface area contributed by atoms with Gasteiger partial charge in [-0.2, -0.15) is 0 Å². The molecule has 1 saturated heterocycles. The molecule has 0 bridgehead atoms. The van der Waals surface area contributed by atoms with Gasteiger partial charge in [-0.15, -0.1) is 0 Å². The first-order valence-corrected chi connectivity index (χ1v) is 9.16. The third-order valence-electron chi connectivity index (χ3n) is 4.59. The van der Waals surface area contributed by atoms with Gasteiger partial charge in [0.25, 0.3) is 5.91 Å². The minimum Gasteiger partial charge on any atom is -0.385 e. The van der Waals surface area contributed by atoms with Crippen molar-refractivity contribution in [2.45, 2.75) is 6.42 Å². The molecule has 0 atom stereocenters. The molecule has 27 heavy (non-hydrogen) atoms. The van der Waals surface area contributed by atoms with Crippen molar-refractivity contribution in [2.24, 2.45) is 0 Å². The van der Waals surface area contributed by atoms with Crippen LogP contribution in [0.3, 0.4) is 0 Å². The van der Waals surface area contributed by atoms with Crippen LogP contribution in [0.4, 0.5) is 15.8 Å². The molecule has 2 heterocycles. The lowest BCUT2D eigenvalue weighted by atomic mass is 10.2. The number of piperazine rings is 1. The van der Waals surface area contributed by atoms with Crippen molar-refractivity contribution in [3.8, 4) is 0 Å². The fraction of sp³-hybridized carbons (Fsp3) is 0.400. The lowest BCUT2D eigenvalue weighted by molar-refractivity contribution is 0.0741. The van der Waals surface area contributed by atoms with Crippen LogP contribution in [0.5, 0.6) is 0 Å². The second-order valence-electron chi connectivity index (χ2n) is 6.46. The number of ether oxygens (including phenoxy) is 1. The van der Waals surface area contributed by atoms with Crippen molar-refractivity contribution in [3.63, 3.8) is 0 Å². The van der Waals surface area contributed by atoms with Crippen molar-refractivity contribution in [1.29, 1.82) is 0 Å². The summed E-state index contributed by atoms with van der Waals surface area (Å²) in [5.41, 5.74) is 2.31. The number of carbonyl (C=O) groups excluding carboxylic acids is 1. The Hall–Kier alpha value is -2.67. The number of methoxy groups -OCH3 is 1. The van der Waals surface area contributed by atoms with Crippen LogP contribution in [0.1, 0.15) is 16.9 Å². The number of anilines is 2. The van der Waals surface area contributed by atoms with E-state index in [1.54, 1.807) is 31.5 Å². The lowest BCUT2D eigenvalue weighted by Crippen LogP contribution is -2.49. The van der Waals surface area contributed by atoms with Crippen LogP contribution in [-0.4, -0.2) is 62.2 Å². The Kier molecular flexibility index (Phi) is 6.59. The van der Waals surface area contributed by atoms with Crippen molar-refractivity contribution in [1.82, 2.24) is 9.88 Å². The Bertz CT molecular complexity index is 746. The van der Waals surface area contributed by atoms with Crippen LogP contribution in [-0.2, 0) is 4.74 Å². The van der Waals surface area contributed by atoms with Crippen LogP contribution in [0.25, 0.3) is 0 Å². The van der Waals surface area contributed by atoms with Crippen molar-refractivity contribution >= 4 is 17.3 Å². The van der Waals surface area contributed by atoms with Crippen molar-refractivity contribution in [3.05, 3.63) is 54.1 Å². The number of aromatic nitrogens is 1. The Morgan fingerprint density at radius 2 is 1.93 bits per heavy atom. The number of halogens is 1. The molecule has 6 nitrogen and oxygen atoms in total. The molecule has 0 saturated carbocycles. The zero-order chi connectivity index (χ0) is 19.1. The predicted octanol–water partition coefficient (Wildman–Crippen LogP) is 2.63. The van der Waals surface area contributed by atoms with Crippen LogP contribution in [0.2, 0.25) is 0 Å².